The summed E-state index contributed by atoms with van der Waals surface area (Å²) in [4.78, 5) is 13.4. The van der Waals surface area contributed by atoms with Gasteiger partial charge in [-0.15, -0.1) is 0 Å². The van der Waals surface area contributed by atoms with Crippen LogP contribution in [0, 0.1) is 0 Å². The third-order valence-corrected chi connectivity index (χ3v) is 5.52. The maximum Gasteiger partial charge on any atom is 0.231 e. The van der Waals surface area contributed by atoms with Crippen molar-refractivity contribution in [1.29, 1.82) is 0 Å². The SMILES string of the molecule is C[C@H](NC(=O)C1(c2ccccc2)CCOCC1)c1ccc2c(c1)OCCO2. The molecule has 0 aromatic heterocycles. The molecule has 0 saturated carbocycles. The van der Waals surface area contributed by atoms with Gasteiger partial charge in [0.05, 0.1) is 11.5 Å². The van der Waals surface area contributed by atoms with Crippen LogP contribution in [-0.4, -0.2) is 32.3 Å². The van der Waals surface area contributed by atoms with Crippen molar-refractivity contribution < 1.29 is 19.0 Å². The summed E-state index contributed by atoms with van der Waals surface area (Å²) in [5.74, 6) is 1.55. The van der Waals surface area contributed by atoms with Crippen molar-refractivity contribution in [2.24, 2.45) is 0 Å². The Morgan fingerprint density at radius 1 is 0.963 bits per heavy atom. The Labute approximate surface area is 159 Å². The molecule has 2 aliphatic heterocycles. The van der Waals surface area contributed by atoms with E-state index < -0.39 is 5.41 Å². The minimum absolute atomic E-state index is 0.0550. The maximum atomic E-state index is 13.4. The van der Waals surface area contributed by atoms with Crippen LogP contribution in [0.2, 0.25) is 0 Å². The molecule has 0 spiro atoms. The van der Waals surface area contributed by atoms with Gasteiger partial charge in [-0.05, 0) is 43.0 Å². The van der Waals surface area contributed by atoms with E-state index in [1.807, 2.05) is 55.5 Å². The molecule has 1 saturated heterocycles. The van der Waals surface area contributed by atoms with Crippen LogP contribution < -0.4 is 14.8 Å². The van der Waals surface area contributed by atoms with Crippen LogP contribution >= 0.6 is 0 Å². The highest BCUT2D eigenvalue weighted by Crippen LogP contribution is 2.37. The summed E-state index contributed by atoms with van der Waals surface area (Å²) in [5, 5.41) is 3.22. The number of nitrogens with one attached hydrogen (secondary N) is 1. The molecule has 1 atom stereocenters. The van der Waals surface area contributed by atoms with Crippen molar-refractivity contribution in [3.05, 3.63) is 59.7 Å². The topological polar surface area (TPSA) is 56.8 Å². The van der Waals surface area contributed by atoms with Gasteiger partial charge in [0.15, 0.2) is 11.5 Å². The lowest BCUT2D eigenvalue weighted by Crippen LogP contribution is -2.48. The van der Waals surface area contributed by atoms with Gasteiger partial charge < -0.3 is 19.5 Å². The summed E-state index contributed by atoms with van der Waals surface area (Å²) in [6, 6.07) is 15.8. The van der Waals surface area contributed by atoms with Gasteiger partial charge in [0.2, 0.25) is 5.91 Å². The standard InChI is InChI=1S/C22H25NO4/c1-16(17-7-8-19-20(15-17)27-14-13-26-19)23-21(24)22(9-11-25-12-10-22)18-5-3-2-4-6-18/h2-8,15-16H,9-14H2,1H3,(H,23,24)/t16-/m0/s1. The minimum Gasteiger partial charge on any atom is -0.486 e. The summed E-state index contributed by atoms with van der Waals surface area (Å²) in [6.45, 7) is 4.32. The number of carbonyl (C=O) groups is 1. The summed E-state index contributed by atoms with van der Waals surface area (Å²) >= 11 is 0. The van der Waals surface area contributed by atoms with Crippen molar-refractivity contribution in [1.82, 2.24) is 5.32 Å². The minimum atomic E-state index is -0.540. The molecule has 2 aromatic carbocycles. The van der Waals surface area contributed by atoms with E-state index in [-0.39, 0.29) is 11.9 Å². The zero-order valence-electron chi connectivity index (χ0n) is 15.6. The highest BCUT2D eigenvalue weighted by Gasteiger charge is 2.42. The number of rotatable bonds is 4. The fraction of sp³-hybridized carbons (Fsp3) is 0.409. The summed E-state index contributed by atoms with van der Waals surface area (Å²) in [7, 11) is 0. The van der Waals surface area contributed by atoms with E-state index in [1.165, 1.54) is 0 Å². The van der Waals surface area contributed by atoms with Crippen LogP contribution in [0.3, 0.4) is 0 Å². The molecule has 5 nitrogen and oxygen atoms in total. The predicted molar refractivity (Wildman–Crippen MR) is 102 cm³/mol. The zero-order valence-corrected chi connectivity index (χ0v) is 15.6. The number of hydrogen-bond acceptors (Lipinski definition) is 4. The molecule has 1 amide bonds. The normalized spacial score (nSPS) is 19.1. The van der Waals surface area contributed by atoms with E-state index in [1.54, 1.807) is 0 Å². The molecule has 0 bridgehead atoms. The van der Waals surface area contributed by atoms with Gasteiger partial charge in [-0.3, -0.25) is 4.79 Å². The van der Waals surface area contributed by atoms with Gasteiger partial charge in [-0.25, -0.2) is 0 Å². The molecule has 0 aliphatic carbocycles. The first kappa shape index (κ1) is 17.9. The Morgan fingerprint density at radius 3 is 2.41 bits per heavy atom. The number of amides is 1. The number of benzene rings is 2. The van der Waals surface area contributed by atoms with Gasteiger partial charge in [-0.2, -0.15) is 0 Å². The zero-order chi connectivity index (χ0) is 18.7. The van der Waals surface area contributed by atoms with Gasteiger partial charge in [0.25, 0.3) is 0 Å². The number of fused-ring (bicyclic) bond motifs is 1. The first-order valence-corrected chi connectivity index (χ1v) is 9.53. The van der Waals surface area contributed by atoms with Crippen molar-refractivity contribution in [2.75, 3.05) is 26.4 Å². The van der Waals surface area contributed by atoms with Gasteiger partial charge >= 0.3 is 0 Å². The molecule has 2 aromatic rings. The summed E-state index contributed by atoms with van der Waals surface area (Å²) in [6.07, 6.45) is 1.38. The van der Waals surface area contributed by atoms with Crippen molar-refractivity contribution >= 4 is 5.91 Å². The van der Waals surface area contributed by atoms with Crippen LogP contribution in [0.1, 0.15) is 36.9 Å². The predicted octanol–water partition coefficient (Wildman–Crippen LogP) is 3.38. The summed E-state index contributed by atoms with van der Waals surface area (Å²) in [5.41, 5.74) is 1.52. The fourth-order valence-electron chi connectivity index (χ4n) is 3.87. The molecular weight excluding hydrogens is 342 g/mol. The molecule has 142 valence electrons. The van der Waals surface area contributed by atoms with E-state index in [9.17, 15) is 4.79 Å². The average molecular weight is 367 g/mol. The molecule has 4 rings (SSSR count). The highest BCUT2D eigenvalue weighted by molar-refractivity contribution is 5.88. The molecule has 1 N–H and O–H groups in total. The smallest absolute Gasteiger partial charge is 0.231 e. The van der Waals surface area contributed by atoms with E-state index in [2.05, 4.69) is 5.32 Å². The van der Waals surface area contributed by atoms with Crippen LogP contribution in [0.25, 0.3) is 0 Å². The molecule has 2 heterocycles. The third kappa shape index (κ3) is 3.52. The summed E-state index contributed by atoms with van der Waals surface area (Å²) < 4.78 is 16.8. The molecule has 0 unspecified atom stereocenters. The molecule has 2 aliphatic rings. The first-order valence-electron chi connectivity index (χ1n) is 9.53. The quantitative estimate of drug-likeness (QED) is 0.900. The third-order valence-electron chi connectivity index (χ3n) is 5.52. The van der Waals surface area contributed by atoms with Crippen molar-refractivity contribution in [3.8, 4) is 11.5 Å². The van der Waals surface area contributed by atoms with Gasteiger partial charge in [-0.1, -0.05) is 36.4 Å². The first-order chi connectivity index (χ1) is 13.2. The second-order valence-electron chi connectivity index (χ2n) is 7.16. The Morgan fingerprint density at radius 2 is 1.67 bits per heavy atom. The Balaban J connectivity index is 1.56. The number of ether oxygens (including phenoxy) is 3. The maximum absolute atomic E-state index is 13.4. The lowest BCUT2D eigenvalue weighted by Gasteiger charge is -2.37. The van der Waals surface area contributed by atoms with Crippen LogP contribution in [0.5, 0.6) is 11.5 Å². The van der Waals surface area contributed by atoms with Gasteiger partial charge in [0, 0.05) is 13.2 Å². The highest BCUT2D eigenvalue weighted by atomic mass is 16.6. The van der Waals surface area contributed by atoms with E-state index >= 15 is 0 Å². The van der Waals surface area contributed by atoms with Crippen molar-refractivity contribution in [3.63, 3.8) is 0 Å². The fourth-order valence-corrected chi connectivity index (χ4v) is 3.87. The molecule has 1 fully saturated rings. The molecule has 27 heavy (non-hydrogen) atoms. The molecule has 5 heteroatoms. The lowest BCUT2D eigenvalue weighted by atomic mass is 9.73. The van der Waals surface area contributed by atoms with Crippen LogP contribution in [0.4, 0.5) is 0 Å². The largest absolute Gasteiger partial charge is 0.486 e. The van der Waals surface area contributed by atoms with Gasteiger partial charge in [0.1, 0.15) is 13.2 Å². The second-order valence-corrected chi connectivity index (χ2v) is 7.16. The number of hydrogen-bond donors (Lipinski definition) is 1. The van der Waals surface area contributed by atoms with Crippen LogP contribution in [0.15, 0.2) is 48.5 Å². The number of carbonyl (C=O) groups excluding carboxylic acids is 1. The van der Waals surface area contributed by atoms with E-state index in [0.717, 1.165) is 22.6 Å². The average Bonchev–Trinajstić information content (AvgIpc) is 2.74. The molecule has 0 radical (unpaired) electrons. The van der Waals surface area contributed by atoms with Crippen molar-refractivity contribution in [2.45, 2.75) is 31.2 Å². The Hall–Kier alpha value is -2.53. The monoisotopic (exact) mass is 367 g/mol. The van der Waals surface area contributed by atoms with E-state index in [4.69, 9.17) is 14.2 Å². The Bertz CT molecular complexity index is 799. The Kier molecular flexibility index (Phi) is 5.03. The van der Waals surface area contributed by atoms with Crippen LogP contribution in [-0.2, 0) is 14.9 Å². The lowest BCUT2D eigenvalue weighted by molar-refractivity contribution is -0.131. The molecular formula is C22H25NO4. The second kappa shape index (κ2) is 7.61. The van der Waals surface area contributed by atoms with E-state index in [0.29, 0.717) is 39.3 Å².